The molecule has 2 N–H and O–H groups in total. The first-order valence-corrected chi connectivity index (χ1v) is 6.24. The molecule has 2 aromatic heterocycles. The van der Waals surface area contributed by atoms with Crippen LogP contribution < -0.4 is 5.73 Å². The van der Waals surface area contributed by atoms with Crippen LogP contribution in [0.15, 0.2) is 27.4 Å². The van der Waals surface area contributed by atoms with E-state index in [9.17, 15) is 0 Å². The zero-order valence-electron chi connectivity index (χ0n) is 9.88. The van der Waals surface area contributed by atoms with Crippen molar-refractivity contribution in [1.82, 2.24) is 20.5 Å². The minimum Gasteiger partial charge on any atom is -0.379 e. The van der Waals surface area contributed by atoms with Gasteiger partial charge in [-0.05, 0) is 28.0 Å². The third kappa shape index (κ3) is 2.45. The van der Waals surface area contributed by atoms with Gasteiger partial charge in [0.2, 0.25) is 11.5 Å². The molecule has 0 bridgehead atoms. The summed E-state index contributed by atoms with van der Waals surface area (Å²) in [5.74, 6) is 0.703. The van der Waals surface area contributed by atoms with Crippen LogP contribution in [0.1, 0.15) is 11.4 Å². The Labute approximate surface area is 122 Å². The van der Waals surface area contributed by atoms with Crippen LogP contribution in [0.25, 0.3) is 11.6 Å². The number of nitrogens with zero attached hydrogens (tertiary/aromatic N) is 4. The smallest absolute Gasteiger partial charge is 0.284 e. The van der Waals surface area contributed by atoms with Crippen molar-refractivity contribution in [3.63, 3.8) is 0 Å². The Kier molecular flexibility index (Phi) is 3.29. The molecule has 0 spiro atoms. The highest BCUT2D eigenvalue weighted by Crippen LogP contribution is 2.24. The summed E-state index contributed by atoms with van der Waals surface area (Å²) in [5.41, 5.74) is 6.66. The number of hydrogen-bond acceptors (Lipinski definition) is 7. The summed E-state index contributed by atoms with van der Waals surface area (Å²) in [5, 5.41) is 11.8. The van der Waals surface area contributed by atoms with Crippen LogP contribution in [0.4, 0.5) is 5.82 Å². The van der Waals surface area contributed by atoms with Gasteiger partial charge >= 0.3 is 0 Å². The number of aromatic nitrogens is 4. The summed E-state index contributed by atoms with van der Waals surface area (Å²) >= 11 is 11.8. The average molecular weight is 312 g/mol. The van der Waals surface area contributed by atoms with Gasteiger partial charge in [-0.3, -0.25) is 0 Å². The number of anilines is 1. The maximum atomic E-state index is 5.94. The topological polar surface area (TPSA) is 104 Å². The number of halogens is 2. The van der Waals surface area contributed by atoms with Gasteiger partial charge in [0.1, 0.15) is 0 Å². The van der Waals surface area contributed by atoms with E-state index in [0.29, 0.717) is 22.3 Å². The maximum Gasteiger partial charge on any atom is 0.284 e. The fraction of sp³-hybridized carbons (Fsp3) is 0.0909. The van der Waals surface area contributed by atoms with Gasteiger partial charge in [0.15, 0.2) is 5.82 Å². The van der Waals surface area contributed by atoms with Crippen molar-refractivity contribution in [1.29, 1.82) is 0 Å². The van der Waals surface area contributed by atoms with Crippen molar-refractivity contribution >= 4 is 29.0 Å². The molecule has 1 aromatic carbocycles. The van der Waals surface area contributed by atoms with E-state index in [-0.39, 0.29) is 17.4 Å². The number of hydrogen-bond donors (Lipinski definition) is 1. The van der Waals surface area contributed by atoms with Gasteiger partial charge in [0, 0.05) is 6.42 Å². The van der Waals surface area contributed by atoms with Crippen LogP contribution in [-0.2, 0) is 6.42 Å². The van der Waals surface area contributed by atoms with Gasteiger partial charge in [-0.2, -0.15) is 4.98 Å². The Morgan fingerprint density at radius 2 is 1.95 bits per heavy atom. The van der Waals surface area contributed by atoms with E-state index in [2.05, 4.69) is 25.1 Å². The molecule has 7 nitrogen and oxygen atoms in total. The molecule has 0 aliphatic carbocycles. The first kappa shape index (κ1) is 12.9. The van der Waals surface area contributed by atoms with E-state index in [4.69, 9.17) is 33.5 Å². The second kappa shape index (κ2) is 5.10. The summed E-state index contributed by atoms with van der Waals surface area (Å²) in [6.07, 6.45) is 0.436. The lowest BCUT2D eigenvalue weighted by Gasteiger charge is -1.99. The third-order valence-electron chi connectivity index (χ3n) is 2.53. The number of nitrogen functional groups attached to an aromatic ring is 1. The van der Waals surface area contributed by atoms with Gasteiger partial charge in [0.25, 0.3) is 5.89 Å². The molecule has 2 heterocycles. The maximum absolute atomic E-state index is 5.94. The number of rotatable bonds is 3. The van der Waals surface area contributed by atoms with Crippen LogP contribution in [0.5, 0.6) is 0 Å². The fourth-order valence-corrected chi connectivity index (χ4v) is 1.92. The molecule has 102 valence electrons. The summed E-state index contributed by atoms with van der Waals surface area (Å²) in [6, 6.07) is 5.28. The Balaban J connectivity index is 1.84. The molecule has 0 fully saturated rings. The van der Waals surface area contributed by atoms with Crippen molar-refractivity contribution in [2.75, 3.05) is 5.73 Å². The summed E-state index contributed by atoms with van der Waals surface area (Å²) in [6.45, 7) is 0. The van der Waals surface area contributed by atoms with Crippen molar-refractivity contribution in [2.24, 2.45) is 0 Å². The minimum atomic E-state index is 0.0923. The fourth-order valence-electron chi connectivity index (χ4n) is 1.60. The second-order valence-electron chi connectivity index (χ2n) is 3.94. The van der Waals surface area contributed by atoms with Gasteiger partial charge in [-0.15, -0.1) is 0 Å². The summed E-state index contributed by atoms with van der Waals surface area (Å²) in [7, 11) is 0. The van der Waals surface area contributed by atoms with Crippen LogP contribution in [0.3, 0.4) is 0 Å². The first-order valence-electron chi connectivity index (χ1n) is 5.48. The molecule has 0 unspecified atom stereocenters. The third-order valence-corrected chi connectivity index (χ3v) is 3.27. The second-order valence-corrected chi connectivity index (χ2v) is 4.75. The Morgan fingerprint density at radius 3 is 2.65 bits per heavy atom. The van der Waals surface area contributed by atoms with Crippen molar-refractivity contribution in [3.05, 3.63) is 39.6 Å². The van der Waals surface area contributed by atoms with Gasteiger partial charge in [-0.1, -0.05) is 34.4 Å². The molecule has 9 heteroatoms. The van der Waals surface area contributed by atoms with Crippen LogP contribution in [0.2, 0.25) is 10.0 Å². The van der Waals surface area contributed by atoms with Gasteiger partial charge < -0.3 is 10.3 Å². The minimum absolute atomic E-state index is 0.0923. The quantitative estimate of drug-likeness (QED) is 0.792. The molecule has 0 saturated heterocycles. The van der Waals surface area contributed by atoms with E-state index in [1.54, 1.807) is 12.1 Å². The summed E-state index contributed by atoms with van der Waals surface area (Å²) < 4.78 is 9.52. The van der Waals surface area contributed by atoms with Crippen molar-refractivity contribution in [2.45, 2.75) is 6.42 Å². The predicted octanol–water partition coefficient (Wildman–Crippen LogP) is 2.60. The highest BCUT2D eigenvalue weighted by atomic mass is 35.5. The highest BCUT2D eigenvalue weighted by molar-refractivity contribution is 6.42. The van der Waals surface area contributed by atoms with Gasteiger partial charge in [0.05, 0.1) is 10.0 Å². The van der Waals surface area contributed by atoms with Crippen molar-refractivity contribution in [3.8, 4) is 11.6 Å². The van der Waals surface area contributed by atoms with E-state index < -0.39 is 0 Å². The molecular formula is C11H7Cl2N5O2. The lowest BCUT2D eigenvalue weighted by molar-refractivity contribution is 0.308. The predicted molar refractivity (Wildman–Crippen MR) is 71.3 cm³/mol. The average Bonchev–Trinajstić information content (AvgIpc) is 3.03. The number of benzene rings is 1. The SMILES string of the molecule is Nc1nonc1-c1nc(Cc2ccc(Cl)c(Cl)c2)no1. The van der Waals surface area contributed by atoms with E-state index in [1.807, 2.05) is 6.07 Å². The standard InChI is InChI=1S/C11H7Cl2N5O2/c12-6-2-1-5(3-7(6)13)4-8-15-11(19-16-8)9-10(14)18-20-17-9/h1-3H,4H2,(H2,14,18). The Morgan fingerprint density at radius 1 is 1.10 bits per heavy atom. The normalized spacial score (nSPS) is 10.9. The monoisotopic (exact) mass is 311 g/mol. The molecule has 0 saturated carbocycles. The molecule has 0 aliphatic heterocycles. The zero-order chi connectivity index (χ0) is 14.1. The summed E-state index contributed by atoms with van der Waals surface area (Å²) in [4.78, 5) is 4.16. The lowest BCUT2D eigenvalue weighted by atomic mass is 10.1. The Hall–Kier alpha value is -2.12. The molecule has 3 rings (SSSR count). The molecule has 3 aromatic rings. The molecule has 20 heavy (non-hydrogen) atoms. The first-order chi connectivity index (χ1) is 9.63. The highest BCUT2D eigenvalue weighted by Gasteiger charge is 2.17. The molecule has 0 amide bonds. The van der Waals surface area contributed by atoms with E-state index >= 15 is 0 Å². The van der Waals surface area contributed by atoms with Crippen LogP contribution in [0, 0.1) is 0 Å². The molecule has 0 atom stereocenters. The zero-order valence-corrected chi connectivity index (χ0v) is 11.4. The van der Waals surface area contributed by atoms with Gasteiger partial charge in [-0.25, -0.2) is 4.63 Å². The van der Waals surface area contributed by atoms with Crippen molar-refractivity contribution < 1.29 is 9.15 Å². The van der Waals surface area contributed by atoms with E-state index in [1.165, 1.54) is 0 Å². The Bertz CT molecular complexity index is 755. The molecule has 0 aliphatic rings. The van der Waals surface area contributed by atoms with Crippen LogP contribution in [-0.4, -0.2) is 20.5 Å². The van der Waals surface area contributed by atoms with Crippen LogP contribution >= 0.6 is 23.2 Å². The number of nitrogens with two attached hydrogens (primary N) is 1. The lowest BCUT2D eigenvalue weighted by Crippen LogP contribution is -1.92. The molecular weight excluding hydrogens is 305 g/mol. The largest absolute Gasteiger partial charge is 0.379 e. The molecule has 0 radical (unpaired) electrons. The van der Waals surface area contributed by atoms with E-state index in [0.717, 1.165) is 5.56 Å².